The number of amides is 1. The number of ether oxygens (including phenoxy) is 1. The van der Waals surface area contributed by atoms with Gasteiger partial charge < -0.3 is 10.1 Å². The summed E-state index contributed by atoms with van der Waals surface area (Å²) in [5.41, 5.74) is 2.25. The maximum absolute atomic E-state index is 12.7. The van der Waals surface area contributed by atoms with Gasteiger partial charge in [-0.1, -0.05) is 80.4 Å². The first-order valence-electron chi connectivity index (χ1n) is 10.1. The summed E-state index contributed by atoms with van der Waals surface area (Å²) in [5.74, 6) is 0.0877. The molecule has 162 valence electrons. The van der Waals surface area contributed by atoms with E-state index < -0.39 is 5.91 Å². The van der Waals surface area contributed by atoms with E-state index in [1.165, 1.54) is 6.08 Å². The number of hydrogen-bond acceptors (Lipinski definition) is 3. The SMILES string of the molecule is N#C/C(=C/c1cc(Br)ccc1OCc1cccc2ccccc12)C(=O)Nc1cccc(Br)c1. The molecule has 0 aliphatic rings. The molecule has 0 spiro atoms. The zero-order valence-corrected chi connectivity index (χ0v) is 20.6. The van der Waals surface area contributed by atoms with Crippen LogP contribution < -0.4 is 10.1 Å². The van der Waals surface area contributed by atoms with Crippen molar-refractivity contribution >= 4 is 60.3 Å². The molecule has 0 aliphatic heterocycles. The predicted octanol–water partition coefficient (Wildman–Crippen LogP) is 7.49. The van der Waals surface area contributed by atoms with Gasteiger partial charge in [0.15, 0.2) is 0 Å². The van der Waals surface area contributed by atoms with E-state index in [2.05, 4.69) is 55.4 Å². The maximum Gasteiger partial charge on any atom is 0.266 e. The van der Waals surface area contributed by atoms with Crippen LogP contribution in [0.5, 0.6) is 5.75 Å². The van der Waals surface area contributed by atoms with Crippen LogP contribution in [0.2, 0.25) is 0 Å². The van der Waals surface area contributed by atoms with Gasteiger partial charge in [-0.15, -0.1) is 0 Å². The molecule has 4 aromatic rings. The van der Waals surface area contributed by atoms with E-state index in [4.69, 9.17) is 4.74 Å². The van der Waals surface area contributed by atoms with Crippen molar-refractivity contribution < 1.29 is 9.53 Å². The molecule has 1 N–H and O–H groups in total. The molecule has 0 saturated carbocycles. The molecule has 33 heavy (non-hydrogen) atoms. The highest BCUT2D eigenvalue weighted by Gasteiger charge is 2.13. The van der Waals surface area contributed by atoms with Gasteiger partial charge in [0, 0.05) is 20.2 Å². The second-order valence-electron chi connectivity index (χ2n) is 7.24. The number of fused-ring (bicyclic) bond motifs is 1. The number of nitrogens with zero attached hydrogens (tertiary/aromatic N) is 1. The summed E-state index contributed by atoms with van der Waals surface area (Å²) in [6.07, 6.45) is 1.54. The first-order chi connectivity index (χ1) is 16.0. The Hall–Kier alpha value is -3.40. The van der Waals surface area contributed by atoms with E-state index in [1.54, 1.807) is 12.1 Å². The lowest BCUT2D eigenvalue weighted by Gasteiger charge is -2.12. The van der Waals surface area contributed by atoms with E-state index in [9.17, 15) is 10.1 Å². The Morgan fingerprint density at radius 1 is 0.939 bits per heavy atom. The Kier molecular flexibility index (Phi) is 7.23. The number of hydrogen-bond donors (Lipinski definition) is 1. The molecule has 4 aromatic carbocycles. The molecule has 0 fully saturated rings. The number of carbonyl (C=O) groups is 1. The lowest BCUT2D eigenvalue weighted by atomic mass is 10.1. The number of nitrogens with one attached hydrogen (secondary N) is 1. The van der Waals surface area contributed by atoms with E-state index in [0.29, 0.717) is 23.6 Å². The summed E-state index contributed by atoms with van der Waals surface area (Å²) >= 11 is 6.84. The first kappa shape index (κ1) is 22.8. The molecule has 0 saturated heterocycles. The molecular formula is C27H18Br2N2O2. The quantitative estimate of drug-likeness (QED) is 0.196. The van der Waals surface area contributed by atoms with Gasteiger partial charge in [0.2, 0.25) is 0 Å². The van der Waals surface area contributed by atoms with Crippen molar-refractivity contribution in [3.63, 3.8) is 0 Å². The normalized spacial score (nSPS) is 11.1. The number of benzene rings is 4. The summed E-state index contributed by atoms with van der Waals surface area (Å²) in [6.45, 7) is 0.357. The van der Waals surface area contributed by atoms with Gasteiger partial charge in [0.1, 0.15) is 24.0 Å². The molecule has 0 radical (unpaired) electrons. The van der Waals surface area contributed by atoms with Gasteiger partial charge in [0.05, 0.1) is 0 Å². The van der Waals surface area contributed by atoms with Crippen molar-refractivity contribution in [3.05, 3.63) is 111 Å². The van der Waals surface area contributed by atoms with Crippen molar-refractivity contribution in [1.82, 2.24) is 0 Å². The molecule has 6 heteroatoms. The summed E-state index contributed by atoms with van der Waals surface area (Å²) in [7, 11) is 0. The Balaban J connectivity index is 1.59. The fraction of sp³-hybridized carbons (Fsp3) is 0.0370. The average molecular weight is 562 g/mol. The summed E-state index contributed by atoms with van der Waals surface area (Å²) in [4.78, 5) is 12.7. The van der Waals surface area contributed by atoms with Crippen molar-refractivity contribution in [2.45, 2.75) is 6.61 Å². The van der Waals surface area contributed by atoms with E-state index >= 15 is 0 Å². The minimum atomic E-state index is -0.490. The van der Waals surface area contributed by atoms with Crippen LogP contribution in [0.3, 0.4) is 0 Å². The number of rotatable bonds is 6. The number of anilines is 1. The van der Waals surface area contributed by atoms with Gasteiger partial charge in [-0.25, -0.2) is 0 Å². The average Bonchev–Trinajstić information content (AvgIpc) is 2.82. The molecule has 0 bridgehead atoms. The summed E-state index contributed by atoms with van der Waals surface area (Å²) < 4.78 is 7.78. The van der Waals surface area contributed by atoms with E-state index in [1.807, 2.05) is 60.7 Å². The molecule has 0 unspecified atom stereocenters. The van der Waals surface area contributed by atoms with Gasteiger partial charge in [0.25, 0.3) is 5.91 Å². The van der Waals surface area contributed by atoms with Crippen LogP contribution in [-0.2, 0) is 11.4 Å². The molecule has 4 rings (SSSR count). The smallest absolute Gasteiger partial charge is 0.266 e. The molecule has 4 nitrogen and oxygen atoms in total. The van der Waals surface area contributed by atoms with Gasteiger partial charge >= 0.3 is 0 Å². The minimum Gasteiger partial charge on any atom is -0.488 e. The zero-order chi connectivity index (χ0) is 23.2. The van der Waals surface area contributed by atoms with Gasteiger partial charge in [-0.2, -0.15) is 5.26 Å². The van der Waals surface area contributed by atoms with Crippen LogP contribution in [0, 0.1) is 11.3 Å². The lowest BCUT2D eigenvalue weighted by Crippen LogP contribution is -2.13. The van der Waals surface area contributed by atoms with Crippen molar-refractivity contribution in [2.75, 3.05) is 5.32 Å². The van der Waals surface area contributed by atoms with Gasteiger partial charge in [-0.3, -0.25) is 4.79 Å². The summed E-state index contributed by atoms with van der Waals surface area (Å²) in [6, 6.07) is 28.9. The van der Waals surface area contributed by atoms with E-state index in [-0.39, 0.29) is 5.57 Å². The molecule has 0 aromatic heterocycles. The number of carbonyl (C=O) groups excluding carboxylic acids is 1. The maximum atomic E-state index is 12.7. The fourth-order valence-corrected chi connectivity index (χ4v) is 4.18. The van der Waals surface area contributed by atoms with E-state index in [0.717, 1.165) is 25.3 Å². The highest BCUT2D eigenvalue weighted by atomic mass is 79.9. The van der Waals surface area contributed by atoms with Crippen molar-refractivity contribution in [2.24, 2.45) is 0 Å². The highest BCUT2D eigenvalue weighted by molar-refractivity contribution is 9.10. The first-order valence-corrected chi connectivity index (χ1v) is 11.7. The Bertz CT molecular complexity index is 1400. The number of halogens is 2. The fourth-order valence-electron chi connectivity index (χ4n) is 3.41. The third-order valence-electron chi connectivity index (χ3n) is 4.98. The van der Waals surface area contributed by atoms with Crippen LogP contribution in [0.25, 0.3) is 16.8 Å². The third kappa shape index (κ3) is 5.70. The van der Waals surface area contributed by atoms with Crippen LogP contribution in [0.15, 0.2) is 99.4 Å². The largest absolute Gasteiger partial charge is 0.488 e. The molecular weight excluding hydrogens is 544 g/mol. The van der Waals surface area contributed by atoms with Crippen LogP contribution >= 0.6 is 31.9 Å². The van der Waals surface area contributed by atoms with Gasteiger partial charge in [-0.05, 0) is 58.8 Å². The monoisotopic (exact) mass is 560 g/mol. The molecule has 1 amide bonds. The lowest BCUT2D eigenvalue weighted by molar-refractivity contribution is -0.112. The third-order valence-corrected chi connectivity index (χ3v) is 5.97. The Labute approximate surface area is 208 Å². The minimum absolute atomic E-state index is 0.0249. The molecule has 0 heterocycles. The number of nitriles is 1. The van der Waals surface area contributed by atoms with Crippen molar-refractivity contribution in [3.8, 4) is 11.8 Å². The topological polar surface area (TPSA) is 62.1 Å². The zero-order valence-electron chi connectivity index (χ0n) is 17.4. The van der Waals surface area contributed by atoms with Crippen LogP contribution in [0.1, 0.15) is 11.1 Å². The van der Waals surface area contributed by atoms with Crippen LogP contribution in [-0.4, -0.2) is 5.91 Å². The van der Waals surface area contributed by atoms with Crippen LogP contribution in [0.4, 0.5) is 5.69 Å². The standard InChI is InChI=1S/C27H18Br2N2O2/c28-22-8-4-9-24(15-22)31-27(32)21(16-30)13-20-14-23(29)11-12-26(20)33-17-19-7-3-6-18-5-1-2-10-25(18)19/h1-15H,17H2,(H,31,32)/b21-13-. The Morgan fingerprint density at radius 2 is 1.70 bits per heavy atom. The highest BCUT2D eigenvalue weighted by Crippen LogP contribution is 2.28. The second-order valence-corrected chi connectivity index (χ2v) is 9.07. The predicted molar refractivity (Wildman–Crippen MR) is 139 cm³/mol. The Morgan fingerprint density at radius 3 is 2.52 bits per heavy atom. The molecule has 0 aliphatic carbocycles. The second kappa shape index (κ2) is 10.5. The molecule has 0 atom stereocenters. The summed E-state index contributed by atoms with van der Waals surface area (Å²) in [5, 5.41) is 14.7. The van der Waals surface area contributed by atoms with Crippen molar-refractivity contribution in [1.29, 1.82) is 5.26 Å².